The van der Waals surface area contributed by atoms with Gasteiger partial charge in [-0.3, -0.25) is 0 Å². The molecule has 1 heterocycles. The molecule has 4 heteroatoms. The van der Waals surface area contributed by atoms with E-state index < -0.39 is 0 Å². The molecule has 2 rings (SSSR count). The number of thioether (sulfide) groups is 1. The predicted octanol–water partition coefficient (Wildman–Crippen LogP) is 2.99. The maximum absolute atomic E-state index is 6.05. The first-order valence-electron chi connectivity index (χ1n) is 6.39. The maximum Gasteiger partial charge on any atom is 0.124 e. The normalized spacial score (nSPS) is 20.9. The highest BCUT2D eigenvalue weighted by molar-refractivity contribution is 7.99. The Morgan fingerprint density at radius 1 is 1.56 bits per heavy atom. The standard InChI is InChI=1S/C14H21NO2S/c1-10(15)14-12(16-2)6-3-7-13(14)18-9-11-5-4-8-17-11/h3,6-7,10-11H,4-5,8-9,15H2,1-2H3/t10-,11?/m1/s1. The molecule has 0 spiro atoms. The van der Waals surface area contributed by atoms with Gasteiger partial charge in [-0.1, -0.05) is 6.07 Å². The topological polar surface area (TPSA) is 44.5 Å². The van der Waals surface area contributed by atoms with Gasteiger partial charge in [-0.15, -0.1) is 11.8 Å². The smallest absolute Gasteiger partial charge is 0.124 e. The Kier molecular flexibility index (Phi) is 4.92. The van der Waals surface area contributed by atoms with Crippen LogP contribution >= 0.6 is 11.8 Å². The van der Waals surface area contributed by atoms with Crippen molar-refractivity contribution in [3.05, 3.63) is 23.8 Å². The number of hydrogen-bond donors (Lipinski definition) is 1. The van der Waals surface area contributed by atoms with Crippen molar-refractivity contribution in [2.75, 3.05) is 19.5 Å². The Hall–Kier alpha value is -0.710. The number of rotatable bonds is 5. The molecule has 1 fully saturated rings. The van der Waals surface area contributed by atoms with Crippen LogP contribution in [-0.4, -0.2) is 25.6 Å². The number of methoxy groups -OCH3 is 1. The lowest BCUT2D eigenvalue weighted by molar-refractivity contribution is 0.129. The van der Waals surface area contributed by atoms with E-state index in [9.17, 15) is 0 Å². The minimum Gasteiger partial charge on any atom is -0.496 e. The fourth-order valence-corrected chi connectivity index (χ4v) is 3.48. The first-order chi connectivity index (χ1) is 8.72. The summed E-state index contributed by atoms with van der Waals surface area (Å²) in [7, 11) is 1.69. The molecule has 1 aromatic carbocycles. The molecule has 0 aromatic heterocycles. The molecule has 1 aliphatic rings. The lowest BCUT2D eigenvalue weighted by Gasteiger charge is -2.17. The van der Waals surface area contributed by atoms with Crippen LogP contribution in [0.1, 0.15) is 31.4 Å². The van der Waals surface area contributed by atoms with E-state index in [1.165, 1.54) is 17.7 Å². The highest BCUT2D eigenvalue weighted by Gasteiger charge is 2.18. The van der Waals surface area contributed by atoms with E-state index >= 15 is 0 Å². The predicted molar refractivity (Wildman–Crippen MR) is 75.3 cm³/mol. The van der Waals surface area contributed by atoms with Crippen molar-refractivity contribution in [1.82, 2.24) is 0 Å². The van der Waals surface area contributed by atoms with Crippen LogP contribution < -0.4 is 10.5 Å². The third kappa shape index (κ3) is 3.19. The quantitative estimate of drug-likeness (QED) is 0.833. The molecule has 0 amide bonds. The zero-order valence-electron chi connectivity index (χ0n) is 11.0. The number of ether oxygens (including phenoxy) is 2. The molecule has 0 radical (unpaired) electrons. The molecule has 0 saturated carbocycles. The van der Waals surface area contributed by atoms with Crippen molar-refractivity contribution in [1.29, 1.82) is 0 Å². The Morgan fingerprint density at radius 3 is 3.00 bits per heavy atom. The summed E-state index contributed by atoms with van der Waals surface area (Å²) in [5.74, 6) is 1.87. The van der Waals surface area contributed by atoms with Gasteiger partial charge in [0.25, 0.3) is 0 Å². The second-order valence-electron chi connectivity index (χ2n) is 4.61. The van der Waals surface area contributed by atoms with Gasteiger partial charge in [-0.05, 0) is 31.9 Å². The van der Waals surface area contributed by atoms with Gasteiger partial charge in [0.05, 0.1) is 13.2 Å². The number of hydrogen-bond acceptors (Lipinski definition) is 4. The van der Waals surface area contributed by atoms with Gasteiger partial charge in [-0.2, -0.15) is 0 Å². The van der Waals surface area contributed by atoms with Crippen molar-refractivity contribution >= 4 is 11.8 Å². The molecular formula is C14H21NO2S. The molecule has 1 saturated heterocycles. The van der Waals surface area contributed by atoms with Crippen molar-refractivity contribution in [3.8, 4) is 5.75 Å². The Balaban J connectivity index is 2.10. The van der Waals surface area contributed by atoms with Crippen LogP contribution in [0, 0.1) is 0 Å². The Morgan fingerprint density at radius 2 is 2.39 bits per heavy atom. The molecule has 1 unspecified atom stereocenters. The van der Waals surface area contributed by atoms with Crippen LogP contribution in [0.5, 0.6) is 5.75 Å². The fourth-order valence-electron chi connectivity index (χ4n) is 2.24. The van der Waals surface area contributed by atoms with E-state index in [4.69, 9.17) is 15.2 Å². The van der Waals surface area contributed by atoms with Gasteiger partial charge in [0, 0.05) is 28.9 Å². The largest absolute Gasteiger partial charge is 0.496 e. The van der Waals surface area contributed by atoms with Gasteiger partial charge in [-0.25, -0.2) is 0 Å². The molecule has 1 aliphatic heterocycles. The first kappa shape index (κ1) is 13.7. The highest BCUT2D eigenvalue weighted by atomic mass is 32.2. The lowest BCUT2D eigenvalue weighted by Crippen LogP contribution is -2.11. The van der Waals surface area contributed by atoms with Crippen molar-refractivity contribution in [2.45, 2.75) is 36.8 Å². The van der Waals surface area contributed by atoms with Crippen LogP contribution in [0.4, 0.5) is 0 Å². The number of nitrogens with two attached hydrogens (primary N) is 1. The minimum atomic E-state index is -0.0202. The van der Waals surface area contributed by atoms with E-state index in [1.54, 1.807) is 7.11 Å². The molecule has 0 aliphatic carbocycles. The second kappa shape index (κ2) is 6.45. The van der Waals surface area contributed by atoms with Crippen molar-refractivity contribution in [3.63, 3.8) is 0 Å². The molecule has 2 N–H and O–H groups in total. The molecule has 1 aromatic rings. The highest BCUT2D eigenvalue weighted by Crippen LogP contribution is 2.35. The monoisotopic (exact) mass is 267 g/mol. The van der Waals surface area contributed by atoms with Gasteiger partial charge < -0.3 is 15.2 Å². The van der Waals surface area contributed by atoms with Crippen molar-refractivity contribution in [2.24, 2.45) is 5.73 Å². The summed E-state index contributed by atoms with van der Waals surface area (Å²) >= 11 is 1.82. The van der Waals surface area contributed by atoms with E-state index in [0.29, 0.717) is 6.10 Å². The summed E-state index contributed by atoms with van der Waals surface area (Å²) in [6, 6.07) is 6.08. The average Bonchev–Trinajstić information content (AvgIpc) is 2.88. The summed E-state index contributed by atoms with van der Waals surface area (Å²) in [5, 5.41) is 0. The molecule has 2 atom stereocenters. The van der Waals surface area contributed by atoms with Crippen LogP contribution in [0.15, 0.2) is 23.1 Å². The zero-order chi connectivity index (χ0) is 13.0. The van der Waals surface area contributed by atoms with Crippen LogP contribution in [0.25, 0.3) is 0 Å². The van der Waals surface area contributed by atoms with E-state index in [0.717, 1.165) is 23.7 Å². The first-order valence-corrected chi connectivity index (χ1v) is 7.38. The summed E-state index contributed by atoms with van der Waals surface area (Å²) in [4.78, 5) is 1.21. The Labute approximate surface area is 113 Å². The second-order valence-corrected chi connectivity index (χ2v) is 5.67. The SMILES string of the molecule is COc1cccc(SCC2CCCO2)c1[C@@H](C)N. The molecule has 3 nitrogen and oxygen atoms in total. The molecular weight excluding hydrogens is 246 g/mol. The van der Waals surface area contributed by atoms with Crippen LogP contribution in [-0.2, 0) is 4.74 Å². The zero-order valence-corrected chi connectivity index (χ0v) is 11.8. The van der Waals surface area contributed by atoms with E-state index in [-0.39, 0.29) is 6.04 Å². The lowest BCUT2D eigenvalue weighted by atomic mass is 10.1. The van der Waals surface area contributed by atoms with E-state index in [2.05, 4.69) is 6.07 Å². The van der Waals surface area contributed by atoms with Gasteiger partial charge in [0.2, 0.25) is 0 Å². The van der Waals surface area contributed by atoms with Gasteiger partial charge >= 0.3 is 0 Å². The van der Waals surface area contributed by atoms with Crippen LogP contribution in [0.2, 0.25) is 0 Å². The summed E-state index contributed by atoms with van der Waals surface area (Å²) < 4.78 is 11.0. The average molecular weight is 267 g/mol. The maximum atomic E-state index is 6.05. The third-order valence-electron chi connectivity index (χ3n) is 3.15. The minimum absolute atomic E-state index is 0.0202. The van der Waals surface area contributed by atoms with Crippen molar-refractivity contribution < 1.29 is 9.47 Å². The third-order valence-corrected chi connectivity index (χ3v) is 4.36. The van der Waals surface area contributed by atoms with Gasteiger partial charge in [0.1, 0.15) is 5.75 Å². The fraction of sp³-hybridized carbons (Fsp3) is 0.571. The molecule has 18 heavy (non-hydrogen) atoms. The Bertz CT molecular complexity index is 389. The molecule has 100 valence electrons. The van der Waals surface area contributed by atoms with Gasteiger partial charge in [0.15, 0.2) is 0 Å². The summed E-state index contributed by atoms with van der Waals surface area (Å²) in [5.41, 5.74) is 7.15. The molecule has 0 bridgehead atoms. The van der Waals surface area contributed by atoms with Crippen LogP contribution in [0.3, 0.4) is 0 Å². The number of benzene rings is 1. The van der Waals surface area contributed by atoms with E-state index in [1.807, 2.05) is 30.8 Å². The summed E-state index contributed by atoms with van der Waals surface area (Å²) in [6.07, 6.45) is 2.75. The summed E-state index contributed by atoms with van der Waals surface area (Å²) in [6.45, 7) is 2.90.